The van der Waals surface area contributed by atoms with Gasteiger partial charge < -0.3 is 5.32 Å². The van der Waals surface area contributed by atoms with E-state index in [1.54, 1.807) is 0 Å². The van der Waals surface area contributed by atoms with E-state index >= 15 is 0 Å². The number of rotatable bonds is 4. The third-order valence-electron chi connectivity index (χ3n) is 4.56. The summed E-state index contributed by atoms with van der Waals surface area (Å²) in [6.07, 6.45) is 1.99. The summed E-state index contributed by atoms with van der Waals surface area (Å²) in [6.45, 7) is 8.35. The molecule has 1 N–H and O–H groups in total. The number of anilines is 2. The number of benzene rings is 1. The summed E-state index contributed by atoms with van der Waals surface area (Å²) in [4.78, 5) is 9.49. The molecule has 0 radical (unpaired) electrons. The van der Waals surface area contributed by atoms with Crippen molar-refractivity contribution < 1.29 is 0 Å². The highest BCUT2D eigenvalue weighted by molar-refractivity contribution is 5.93. The molecule has 0 saturated heterocycles. The summed E-state index contributed by atoms with van der Waals surface area (Å²) >= 11 is 0. The smallest absolute Gasteiger partial charge is 0.184 e. The molecule has 0 aliphatic rings. The van der Waals surface area contributed by atoms with E-state index in [1.165, 1.54) is 5.56 Å². The minimum atomic E-state index is 0.746. The van der Waals surface area contributed by atoms with Gasteiger partial charge in [-0.2, -0.15) is 4.52 Å². The average molecular weight is 345 g/mol. The minimum Gasteiger partial charge on any atom is -0.340 e. The van der Waals surface area contributed by atoms with Gasteiger partial charge in [0.15, 0.2) is 11.3 Å². The SMILES string of the molecule is CCCc1cc(Nc2ccc(C)cc2)n2nc3nc(C)cc(C)c3c2n1. The Hall–Kier alpha value is -2.95. The number of aryl methyl sites for hydroxylation is 4. The van der Waals surface area contributed by atoms with Crippen LogP contribution in [0.4, 0.5) is 11.5 Å². The van der Waals surface area contributed by atoms with Gasteiger partial charge in [-0.3, -0.25) is 0 Å². The van der Waals surface area contributed by atoms with Crippen molar-refractivity contribution >= 4 is 28.2 Å². The van der Waals surface area contributed by atoms with Gasteiger partial charge in [-0.05, 0) is 51.0 Å². The molecule has 132 valence electrons. The van der Waals surface area contributed by atoms with Gasteiger partial charge >= 0.3 is 0 Å². The zero-order chi connectivity index (χ0) is 18.3. The molecule has 26 heavy (non-hydrogen) atoms. The fourth-order valence-electron chi connectivity index (χ4n) is 3.33. The van der Waals surface area contributed by atoms with Crippen LogP contribution in [0.3, 0.4) is 0 Å². The van der Waals surface area contributed by atoms with Crippen molar-refractivity contribution in [1.82, 2.24) is 19.6 Å². The molecule has 5 nitrogen and oxygen atoms in total. The Labute approximate surface area is 153 Å². The van der Waals surface area contributed by atoms with Crippen molar-refractivity contribution in [3.05, 3.63) is 58.9 Å². The number of aromatic nitrogens is 4. The van der Waals surface area contributed by atoms with Crippen LogP contribution >= 0.6 is 0 Å². The predicted octanol–water partition coefficient (Wildman–Crippen LogP) is 4.90. The Morgan fingerprint density at radius 2 is 1.77 bits per heavy atom. The highest BCUT2D eigenvalue weighted by Crippen LogP contribution is 2.26. The van der Waals surface area contributed by atoms with E-state index in [4.69, 9.17) is 10.1 Å². The summed E-state index contributed by atoms with van der Waals surface area (Å²) < 4.78 is 1.88. The van der Waals surface area contributed by atoms with E-state index < -0.39 is 0 Å². The van der Waals surface area contributed by atoms with E-state index in [1.807, 2.05) is 11.4 Å². The third-order valence-corrected chi connectivity index (χ3v) is 4.56. The highest BCUT2D eigenvalue weighted by Gasteiger charge is 2.15. The molecule has 0 bridgehead atoms. The number of fused-ring (bicyclic) bond motifs is 3. The monoisotopic (exact) mass is 345 g/mol. The van der Waals surface area contributed by atoms with E-state index in [2.05, 4.69) is 67.5 Å². The first kappa shape index (κ1) is 16.5. The lowest BCUT2D eigenvalue weighted by atomic mass is 10.2. The number of nitrogens with one attached hydrogen (secondary N) is 1. The molecule has 0 aliphatic carbocycles. The first-order valence-electron chi connectivity index (χ1n) is 9.05. The van der Waals surface area contributed by atoms with Crippen LogP contribution in [0.2, 0.25) is 0 Å². The number of hydrogen-bond acceptors (Lipinski definition) is 4. The van der Waals surface area contributed by atoms with E-state index in [-0.39, 0.29) is 0 Å². The fourth-order valence-corrected chi connectivity index (χ4v) is 3.33. The summed E-state index contributed by atoms with van der Waals surface area (Å²) in [7, 11) is 0. The first-order chi connectivity index (χ1) is 12.5. The van der Waals surface area contributed by atoms with Gasteiger partial charge in [-0.15, -0.1) is 5.10 Å². The second-order valence-corrected chi connectivity index (χ2v) is 6.89. The largest absolute Gasteiger partial charge is 0.340 e. The molecule has 1 aromatic carbocycles. The van der Waals surface area contributed by atoms with Gasteiger partial charge in [0.05, 0.1) is 5.39 Å². The van der Waals surface area contributed by atoms with Crippen LogP contribution < -0.4 is 5.32 Å². The van der Waals surface area contributed by atoms with Crippen molar-refractivity contribution in [1.29, 1.82) is 0 Å². The Morgan fingerprint density at radius 3 is 2.50 bits per heavy atom. The molecular weight excluding hydrogens is 322 g/mol. The molecule has 0 aliphatic heterocycles. The maximum Gasteiger partial charge on any atom is 0.184 e. The van der Waals surface area contributed by atoms with Crippen LogP contribution in [0.25, 0.3) is 16.7 Å². The number of pyridine rings is 1. The fraction of sp³-hybridized carbons (Fsp3) is 0.286. The van der Waals surface area contributed by atoms with Gasteiger partial charge in [0.2, 0.25) is 0 Å². The molecule has 0 amide bonds. The highest BCUT2D eigenvalue weighted by atomic mass is 15.3. The molecule has 0 fully saturated rings. The van der Waals surface area contributed by atoms with E-state index in [0.717, 1.165) is 58.0 Å². The third kappa shape index (κ3) is 2.90. The maximum absolute atomic E-state index is 4.88. The van der Waals surface area contributed by atoms with Crippen LogP contribution in [0, 0.1) is 20.8 Å². The molecule has 4 aromatic rings. The van der Waals surface area contributed by atoms with Crippen molar-refractivity contribution in [2.24, 2.45) is 0 Å². The zero-order valence-corrected chi connectivity index (χ0v) is 15.7. The van der Waals surface area contributed by atoms with Crippen LogP contribution in [0.5, 0.6) is 0 Å². The van der Waals surface area contributed by atoms with Crippen molar-refractivity contribution in [3.8, 4) is 0 Å². The second kappa shape index (κ2) is 6.41. The van der Waals surface area contributed by atoms with Crippen LogP contribution in [0.15, 0.2) is 36.4 Å². The molecule has 5 heteroatoms. The topological polar surface area (TPSA) is 55.1 Å². The average Bonchev–Trinajstić information content (AvgIpc) is 2.96. The normalized spacial score (nSPS) is 11.4. The molecule has 0 atom stereocenters. The molecule has 0 saturated carbocycles. The Kier molecular flexibility index (Phi) is 4.07. The van der Waals surface area contributed by atoms with Gasteiger partial charge in [-0.1, -0.05) is 31.0 Å². The number of nitrogens with zero attached hydrogens (tertiary/aromatic N) is 4. The van der Waals surface area contributed by atoms with Crippen LogP contribution in [0.1, 0.15) is 35.9 Å². The summed E-state index contributed by atoms with van der Waals surface area (Å²) in [5, 5.41) is 9.26. The molecule has 0 unspecified atom stereocenters. The Bertz CT molecular complexity index is 1090. The summed E-state index contributed by atoms with van der Waals surface area (Å²) in [6, 6.07) is 12.5. The predicted molar refractivity (Wildman–Crippen MR) is 106 cm³/mol. The van der Waals surface area contributed by atoms with Crippen LogP contribution in [-0.4, -0.2) is 19.6 Å². The van der Waals surface area contributed by atoms with Crippen molar-refractivity contribution in [2.45, 2.75) is 40.5 Å². The van der Waals surface area contributed by atoms with Crippen LogP contribution in [-0.2, 0) is 6.42 Å². The van der Waals surface area contributed by atoms with Gasteiger partial charge in [0, 0.05) is 23.1 Å². The summed E-state index contributed by atoms with van der Waals surface area (Å²) in [5.74, 6) is 0.914. The first-order valence-corrected chi connectivity index (χ1v) is 9.05. The van der Waals surface area contributed by atoms with Crippen molar-refractivity contribution in [3.63, 3.8) is 0 Å². The van der Waals surface area contributed by atoms with E-state index in [9.17, 15) is 0 Å². The quantitative estimate of drug-likeness (QED) is 0.571. The Morgan fingerprint density at radius 1 is 1.00 bits per heavy atom. The molecular formula is C21H23N5. The molecule has 3 heterocycles. The lowest BCUT2D eigenvalue weighted by Gasteiger charge is -2.10. The lowest BCUT2D eigenvalue weighted by molar-refractivity contribution is 0.864. The van der Waals surface area contributed by atoms with Gasteiger partial charge in [0.1, 0.15) is 5.82 Å². The summed E-state index contributed by atoms with van der Waals surface area (Å²) in [5.41, 5.74) is 7.08. The van der Waals surface area contributed by atoms with Gasteiger partial charge in [0.25, 0.3) is 0 Å². The second-order valence-electron chi connectivity index (χ2n) is 6.89. The molecule has 3 aromatic heterocycles. The van der Waals surface area contributed by atoms with Crippen molar-refractivity contribution in [2.75, 3.05) is 5.32 Å². The zero-order valence-electron chi connectivity index (χ0n) is 15.7. The minimum absolute atomic E-state index is 0.746. The van der Waals surface area contributed by atoms with E-state index in [0.29, 0.717) is 0 Å². The number of hydrogen-bond donors (Lipinski definition) is 1. The molecule has 4 rings (SSSR count). The van der Waals surface area contributed by atoms with Gasteiger partial charge in [-0.25, -0.2) is 9.97 Å². The molecule has 0 spiro atoms. The Balaban J connectivity index is 1.94. The standard InChI is InChI=1S/C21H23N5/c1-5-6-17-12-18(23-16-9-7-13(2)8-10-16)26-21(24-17)19-14(3)11-15(4)22-20(19)25-26/h7-12,23H,5-6H2,1-4H3. The maximum atomic E-state index is 4.88. The lowest BCUT2D eigenvalue weighted by Crippen LogP contribution is -2.04.